The maximum Gasteiger partial charge on any atom is 0.262 e. The Hall–Kier alpha value is -2.61. The number of amides is 1. The van der Waals surface area contributed by atoms with Gasteiger partial charge in [-0.15, -0.1) is 0 Å². The summed E-state index contributed by atoms with van der Waals surface area (Å²) in [6, 6.07) is 7.77. The minimum absolute atomic E-state index is 0.0594. The fourth-order valence-electron chi connectivity index (χ4n) is 2.03. The molecule has 2 aromatic rings. The third-order valence-electron chi connectivity index (χ3n) is 3.28. The Morgan fingerprint density at radius 2 is 1.96 bits per heavy atom. The van der Waals surface area contributed by atoms with Crippen molar-refractivity contribution in [3.8, 4) is 5.75 Å². The molecule has 122 valence electrons. The zero-order chi connectivity index (χ0) is 17.2. The van der Waals surface area contributed by atoms with Crippen molar-refractivity contribution in [2.75, 3.05) is 11.8 Å². The van der Waals surface area contributed by atoms with Crippen molar-refractivity contribution in [3.05, 3.63) is 53.3 Å². The fourth-order valence-corrected chi connectivity index (χ4v) is 3.17. The minimum atomic E-state index is -4.02. The maximum atomic E-state index is 13.7. The zero-order valence-electron chi connectivity index (χ0n) is 12.5. The number of hydrogen-bond acceptors (Lipinski definition) is 4. The Balaban J connectivity index is 2.41. The monoisotopic (exact) mass is 338 g/mol. The third-order valence-corrected chi connectivity index (χ3v) is 4.64. The van der Waals surface area contributed by atoms with Crippen LogP contribution in [0.25, 0.3) is 0 Å². The fraction of sp³-hybridized carbons (Fsp3) is 0.133. The number of carbonyl (C=O) groups excluding carboxylic acids is 1. The van der Waals surface area contributed by atoms with E-state index in [1.165, 1.54) is 37.4 Å². The number of rotatable bonds is 5. The van der Waals surface area contributed by atoms with E-state index in [0.717, 1.165) is 6.07 Å². The quantitative estimate of drug-likeness (QED) is 0.871. The molecule has 2 aromatic carbocycles. The number of hydrogen-bond donors (Lipinski definition) is 2. The molecule has 23 heavy (non-hydrogen) atoms. The molecule has 0 unspecified atom stereocenters. The second kappa shape index (κ2) is 6.25. The predicted molar refractivity (Wildman–Crippen MR) is 83.5 cm³/mol. The minimum Gasteiger partial charge on any atom is -0.494 e. The summed E-state index contributed by atoms with van der Waals surface area (Å²) >= 11 is 0. The van der Waals surface area contributed by atoms with Crippen molar-refractivity contribution in [2.45, 2.75) is 11.8 Å². The normalized spacial score (nSPS) is 11.1. The van der Waals surface area contributed by atoms with E-state index < -0.39 is 21.7 Å². The second-order valence-corrected chi connectivity index (χ2v) is 6.43. The lowest BCUT2D eigenvalue weighted by Gasteiger charge is -2.13. The van der Waals surface area contributed by atoms with Crippen LogP contribution < -0.4 is 15.2 Å². The third kappa shape index (κ3) is 3.42. The molecule has 2 rings (SSSR count). The van der Waals surface area contributed by atoms with E-state index in [1.54, 1.807) is 6.92 Å². The maximum absolute atomic E-state index is 13.7. The van der Waals surface area contributed by atoms with Gasteiger partial charge in [-0.25, -0.2) is 12.8 Å². The molecule has 0 atom stereocenters. The molecule has 0 spiro atoms. The molecule has 0 bridgehead atoms. The Morgan fingerprint density at radius 3 is 2.52 bits per heavy atom. The van der Waals surface area contributed by atoms with Gasteiger partial charge >= 0.3 is 0 Å². The summed E-state index contributed by atoms with van der Waals surface area (Å²) in [7, 11) is -2.74. The van der Waals surface area contributed by atoms with Gasteiger partial charge in [0.1, 0.15) is 0 Å². The number of carbonyl (C=O) groups is 1. The molecule has 0 aliphatic rings. The van der Waals surface area contributed by atoms with E-state index in [2.05, 4.69) is 4.72 Å². The first kappa shape index (κ1) is 16.8. The first-order valence-electron chi connectivity index (χ1n) is 6.52. The first-order chi connectivity index (χ1) is 10.8. The molecule has 0 heterocycles. The van der Waals surface area contributed by atoms with Crippen LogP contribution in [0.15, 0.2) is 41.3 Å². The number of primary amides is 1. The lowest BCUT2D eigenvalue weighted by molar-refractivity contribution is 0.0999. The molecule has 0 fully saturated rings. The molecule has 0 saturated heterocycles. The van der Waals surface area contributed by atoms with Crippen LogP contribution in [0.2, 0.25) is 0 Å². The van der Waals surface area contributed by atoms with Gasteiger partial charge < -0.3 is 10.5 Å². The summed E-state index contributed by atoms with van der Waals surface area (Å²) in [5.41, 5.74) is 6.01. The number of benzene rings is 2. The molecule has 0 aromatic heterocycles. The molecule has 0 aliphatic heterocycles. The van der Waals surface area contributed by atoms with E-state index in [4.69, 9.17) is 10.5 Å². The highest BCUT2D eigenvalue weighted by atomic mass is 32.2. The number of methoxy groups -OCH3 is 1. The van der Waals surface area contributed by atoms with Gasteiger partial charge in [-0.1, -0.05) is 6.07 Å². The van der Waals surface area contributed by atoms with E-state index in [-0.39, 0.29) is 21.9 Å². The van der Waals surface area contributed by atoms with Gasteiger partial charge in [-0.2, -0.15) is 0 Å². The number of anilines is 1. The van der Waals surface area contributed by atoms with Gasteiger partial charge in [-0.3, -0.25) is 9.52 Å². The van der Waals surface area contributed by atoms with Crippen molar-refractivity contribution < 1.29 is 22.3 Å². The van der Waals surface area contributed by atoms with Crippen molar-refractivity contribution >= 4 is 21.6 Å². The van der Waals surface area contributed by atoms with Crippen LogP contribution in [0.1, 0.15) is 15.9 Å². The van der Waals surface area contributed by atoms with Crippen molar-refractivity contribution in [2.24, 2.45) is 5.73 Å². The lowest BCUT2D eigenvalue weighted by Crippen LogP contribution is -2.17. The van der Waals surface area contributed by atoms with E-state index in [0.29, 0.717) is 5.56 Å². The Labute approximate surface area is 133 Å². The van der Waals surface area contributed by atoms with E-state index in [9.17, 15) is 17.6 Å². The molecule has 8 heteroatoms. The van der Waals surface area contributed by atoms with Crippen molar-refractivity contribution in [3.63, 3.8) is 0 Å². The van der Waals surface area contributed by atoms with Crippen LogP contribution in [0.5, 0.6) is 5.75 Å². The summed E-state index contributed by atoms with van der Waals surface area (Å²) in [6.45, 7) is 1.56. The smallest absolute Gasteiger partial charge is 0.262 e. The average molecular weight is 338 g/mol. The van der Waals surface area contributed by atoms with E-state index >= 15 is 0 Å². The van der Waals surface area contributed by atoms with E-state index in [1.807, 2.05) is 0 Å². The SMILES string of the molecule is COc1ccc(S(=O)(=O)Nc2cccc(C(N)=O)c2C)cc1F. The summed E-state index contributed by atoms with van der Waals surface area (Å²) < 4.78 is 45.5. The van der Waals surface area contributed by atoms with Crippen LogP contribution in [-0.4, -0.2) is 21.4 Å². The highest BCUT2D eigenvalue weighted by Crippen LogP contribution is 2.25. The van der Waals surface area contributed by atoms with Gasteiger partial charge in [-0.05, 0) is 42.8 Å². The predicted octanol–water partition coefficient (Wildman–Crippen LogP) is 2.04. The number of nitrogens with one attached hydrogen (secondary N) is 1. The molecular weight excluding hydrogens is 323 g/mol. The van der Waals surface area contributed by atoms with Gasteiger partial charge in [0.15, 0.2) is 11.6 Å². The molecular formula is C15H15FN2O4S. The largest absolute Gasteiger partial charge is 0.494 e. The van der Waals surface area contributed by atoms with Crippen molar-refractivity contribution in [1.29, 1.82) is 0 Å². The van der Waals surface area contributed by atoms with Crippen LogP contribution in [0.3, 0.4) is 0 Å². The van der Waals surface area contributed by atoms with Crippen molar-refractivity contribution in [1.82, 2.24) is 0 Å². The molecule has 0 aliphatic carbocycles. The summed E-state index contributed by atoms with van der Waals surface area (Å²) in [5, 5.41) is 0. The number of ether oxygens (including phenoxy) is 1. The lowest BCUT2D eigenvalue weighted by atomic mass is 10.1. The van der Waals surface area contributed by atoms with Gasteiger partial charge in [0.2, 0.25) is 5.91 Å². The molecule has 0 saturated carbocycles. The highest BCUT2D eigenvalue weighted by molar-refractivity contribution is 7.92. The summed E-state index contributed by atoms with van der Waals surface area (Å²) in [5.74, 6) is -1.52. The Bertz CT molecular complexity index is 866. The van der Waals surface area contributed by atoms with Gasteiger partial charge in [0, 0.05) is 5.56 Å². The zero-order valence-corrected chi connectivity index (χ0v) is 13.3. The van der Waals surface area contributed by atoms with Gasteiger partial charge in [0.25, 0.3) is 10.0 Å². The highest BCUT2D eigenvalue weighted by Gasteiger charge is 2.19. The topological polar surface area (TPSA) is 98.5 Å². The summed E-state index contributed by atoms with van der Waals surface area (Å²) in [6.07, 6.45) is 0. The number of halogens is 1. The molecule has 0 radical (unpaired) electrons. The number of nitrogens with two attached hydrogens (primary N) is 1. The first-order valence-corrected chi connectivity index (χ1v) is 8.00. The Morgan fingerprint density at radius 1 is 1.26 bits per heavy atom. The standard InChI is InChI=1S/C15H15FN2O4S/c1-9-11(15(17)19)4-3-5-13(9)18-23(20,21)10-6-7-14(22-2)12(16)8-10/h3-8,18H,1-2H3,(H2,17,19). The Kier molecular flexibility index (Phi) is 4.55. The second-order valence-electron chi connectivity index (χ2n) is 4.74. The van der Waals surface area contributed by atoms with Crippen LogP contribution in [-0.2, 0) is 10.0 Å². The van der Waals surface area contributed by atoms with Gasteiger partial charge in [0.05, 0.1) is 17.7 Å². The molecule has 3 N–H and O–H groups in total. The molecule has 6 nitrogen and oxygen atoms in total. The number of sulfonamides is 1. The van der Waals surface area contributed by atoms with Crippen LogP contribution in [0, 0.1) is 12.7 Å². The average Bonchev–Trinajstić information content (AvgIpc) is 2.48. The van der Waals surface area contributed by atoms with Crippen LogP contribution in [0.4, 0.5) is 10.1 Å². The summed E-state index contributed by atoms with van der Waals surface area (Å²) in [4.78, 5) is 11.0. The van der Waals surface area contributed by atoms with Crippen LogP contribution >= 0.6 is 0 Å². The molecule has 1 amide bonds.